The van der Waals surface area contributed by atoms with Crippen LogP contribution in [0.2, 0.25) is 0 Å². The molecule has 1 atom stereocenters. The minimum atomic E-state index is -0.281. The fourth-order valence-electron chi connectivity index (χ4n) is 2.48. The molecule has 2 rings (SSSR count). The molecule has 1 unspecified atom stereocenters. The third-order valence-corrected chi connectivity index (χ3v) is 3.32. The number of rotatable bonds is 4. The summed E-state index contributed by atoms with van der Waals surface area (Å²) in [6.45, 7) is 8.96. The third-order valence-electron chi connectivity index (χ3n) is 3.32. The summed E-state index contributed by atoms with van der Waals surface area (Å²) >= 11 is 0. The van der Waals surface area contributed by atoms with Gasteiger partial charge in [0, 0.05) is 30.9 Å². The van der Waals surface area contributed by atoms with E-state index in [9.17, 15) is 4.79 Å². The molecule has 1 aromatic rings. The van der Waals surface area contributed by atoms with Crippen LogP contribution in [0, 0.1) is 13.8 Å². The zero-order valence-corrected chi connectivity index (χ0v) is 12.6. The van der Waals surface area contributed by atoms with Crippen LogP contribution in [-0.2, 0) is 4.74 Å². The fourth-order valence-corrected chi connectivity index (χ4v) is 2.48. The van der Waals surface area contributed by atoms with E-state index in [2.05, 4.69) is 21.9 Å². The van der Waals surface area contributed by atoms with Crippen LogP contribution < -0.4 is 5.32 Å². The second-order valence-electron chi connectivity index (χ2n) is 5.24. The van der Waals surface area contributed by atoms with Gasteiger partial charge in [0.05, 0.1) is 0 Å². The molecule has 0 bridgehead atoms. The van der Waals surface area contributed by atoms with Crippen LogP contribution in [0.15, 0.2) is 18.7 Å². The molecule has 1 amide bonds. The Balaban J connectivity index is 1.94. The Morgan fingerprint density at radius 2 is 2.38 bits per heavy atom. The van der Waals surface area contributed by atoms with E-state index in [4.69, 9.17) is 4.74 Å². The molecule has 0 saturated carbocycles. The maximum Gasteiger partial charge on any atom is 0.410 e. The van der Waals surface area contributed by atoms with Gasteiger partial charge in [-0.3, -0.25) is 0 Å². The first-order valence-electron chi connectivity index (χ1n) is 7.20. The lowest BCUT2D eigenvalue weighted by molar-refractivity contribution is 0.102. The highest BCUT2D eigenvalue weighted by Gasteiger charge is 2.24. The smallest absolute Gasteiger partial charge is 0.410 e. The highest BCUT2D eigenvalue weighted by molar-refractivity contribution is 5.68. The van der Waals surface area contributed by atoms with Crippen LogP contribution in [-0.4, -0.2) is 46.7 Å². The van der Waals surface area contributed by atoms with E-state index in [1.54, 1.807) is 11.0 Å². The number of amides is 1. The Hall–Kier alpha value is -2.11. The number of piperidine rings is 1. The SMILES string of the molecule is C=CCOC(=O)N1CCCC(Nc2cc(C)nc(C)n2)C1. The number of hydrogen-bond acceptors (Lipinski definition) is 5. The molecule has 114 valence electrons. The lowest BCUT2D eigenvalue weighted by Crippen LogP contribution is -2.45. The van der Waals surface area contributed by atoms with Gasteiger partial charge < -0.3 is 15.0 Å². The van der Waals surface area contributed by atoms with Crippen molar-refractivity contribution in [2.24, 2.45) is 0 Å². The highest BCUT2D eigenvalue weighted by Crippen LogP contribution is 2.16. The van der Waals surface area contributed by atoms with Gasteiger partial charge in [-0.05, 0) is 26.7 Å². The van der Waals surface area contributed by atoms with Crippen LogP contribution >= 0.6 is 0 Å². The molecule has 1 aromatic heterocycles. The van der Waals surface area contributed by atoms with Gasteiger partial charge in [-0.15, -0.1) is 0 Å². The normalized spacial score (nSPS) is 18.2. The number of carbonyl (C=O) groups excluding carboxylic acids is 1. The second kappa shape index (κ2) is 7.06. The number of aryl methyl sites for hydroxylation is 2. The van der Waals surface area contributed by atoms with Crippen LogP contribution in [0.3, 0.4) is 0 Å². The summed E-state index contributed by atoms with van der Waals surface area (Å²) in [6, 6.07) is 2.10. The van der Waals surface area contributed by atoms with Crippen molar-refractivity contribution in [1.29, 1.82) is 0 Å². The summed E-state index contributed by atoms with van der Waals surface area (Å²) < 4.78 is 5.08. The van der Waals surface area contributed by atoms with E-state index in [-0.39, 0.29) is 18.7 Å². The van der Waals surface area contributed by atoms with Crippen molar-refractivity contribution < 1.29 is 9.53 Å². The molecule has 0 aromatic carbocycles. The first-order valence-corrected chi connectivity index (χ1v) is 7.20. The Kier molecular flexibility index (Phi) is 5.14. The van der Waals surface area contributed by atoms with E-state index >= 15 is 0 Å². The summed E-state index contributed by atoms with van der Waals surface area (Å²) in [6.07, 6.45) is 3.25. The number of nitrogens with zero attached hydrogens (tertiary/aromatic N) is 3. The van der Waals surface area contributed by atoms with Crippen LogP contribution in [0.5, 0.6) is 0 Å². The van der Waals surface area contributed by atoms with Crippen LogP contribution in [0.25, 0.3) is 0 Å². The molecule has 1 fully saturated rings. The summed E-state index contributed by atoms with van der Waals surface area (Å²) in [5.41, 5.74) is 0.933. The van der Waals surface area contributed by atoms with Crippen molar-refractivity contribution in [2.75, 3.05) is 25.0 Å². The van der Waals surface area contributed by atoms with Crippen molar-refractivity contribution in [3.05, 3.63) is 30.2 Å². The molecule has 0 radical (unpaired) electrons. The van der Waals surface area contributed by atoms with E-state index in [1.165, 1.54) is 0 Å². The van der Waals surface area contributed by atoms with Crippen LogP contribution in [0.1, 0.15) is 24.4 Å². The molecule has 6 heteroatoms. The lowest BCUT2D eigenvalue weighted by atomic mass is 10.1. The fraction of sp³-hybridized carbons (Fsp3) is 0.533. The topological polar surface area (TPSA) is 67.3 Å². The average Bonchev–Trinajstić information content (AvgIpc) is 2.44. The van der Waals surface area contributed by atoms with Crippen molar-refractivity contribution in [3.63, 3.8) is 0 Å². The molecule has 6 nitrogen and oxygen atoms in total. The molecule has 0 spiro atoms. The summed E-state index contributed by atoms with van der Waals surface area (Å²) in [5.74, 6) is 1.56. The molecular weight excluding hydrogens is 268 g/mol. The monoisotopic (exact) mass is 290 g/mol. The maximum absolute atomic E-state index is 11.9. The predicted molar refractivity (Wildman–Crippen MR) is 81.3 cm³/mol. The largest absolute Gasteiger partial charge is 0.445 e. The van der Waals surface area contributed by atoms with E-state index in [0.717, 1.165) is 36.7 Å². The third kappa shape index (κ3) is 4.44. The van der Waals surface area contributed by atoms with Gasteiger partial charge in [0.1, 0.15) is 18.2 Å². The molecule has 1 saturated heterocycles. The van der Waals surface area contributed by atoms with Crippen molar-refractivity contribution >= 4 is 11.9 Å². The Labute approximate surface area is 125 Å². The van der Waals surface area contributed by atoms with Gasteiger partial charge in [0.15, 0.2) is 0 Å². The quantitative estimate of drug-likeness (QED) is 0.862. The summed E-state index contributed by atoms with van der Waals surface area (Å²) in [7, 11) is 0. The number of likely N-dealkylation sites (tertiary alicyclic amines) is 1. The van der Waals surface area contributed by atoms with Crippen molar-refractivity contribution in [2.45, 2.75) is 32.7 Å². The number of nitrogens with one attached hydrogen (secondary N) is 1. The predicted octanol–water partition coefficient (Wildman–Crippen LogP) is 2.29. The zero-order valence-electron chi connectivity index (χ0n) is 12.6. The van der Waals surface area contributed by atoms with Gasteiger partial charge in [-0.2, -0.15) is 0 Å². The van der Waals surface area contributed by atoms with E-state index in [0.29, 0.717) is 6.54 Å². The van der Waals surface area contributed by atoms with Gasteiger partial charge in [-0.25, -0.2) is 14.8 Å². The first kappa shape index (κ1) is 15.3. The standard InChI is InChI=1S/C15H22N4O2/c1-4-8-21-15(20)19-7-5-6-13(10-19)18-14-9-11(2)16-12(3)17-14/h4,9,13H,1,5-8,10H2,2-3H3,(H,16,17,18). The Morgan fingerprint density at radius 1 is 1.57 bits per heavy atom. The molecular formula is C15H22N4O2. The minimum Gasteiger partial charge on any atom is -0.445 e. The van der Waals surface area contributed by atoms with E-state index < -0.39 is 0 Å². The molecule has 1 N–H and O–H groups in total. The van der Waals surface area contributed by atoms with Gasteiger partial charge in [0.2, 0.25) is 0 Å². The number of ether oxygens (including phenoxy) is 1. The molecule has 21 heavy (non-hydrogen) atoms. The molecule has 2 heterocycles. The van der Waals surface area contributed by atoms with Gasteiger partial charge in [0.25, 0.3) is 0 Å². The zero-order chi connectivity index (χ0) is 15.2. The summed E-state index contributed by atoms with van der Waals surface area (Å²) in [5, 5.41) is 3.38. The van der Waals surface area contributed by atoms with E-state index in [1.807, 2.05) is 19.9 Å². The number of anilines is 1. The lowest BCUT2D eigenvalue weighted by Gasteiger charge is -2.32. The summed E-state index contributed by atoms with van der Waals surface area (Å²) in [4.78, 5) is 22.2. The minimum absolute atomic E-state index is 0.184. The second-order valence-corrected chi connectivity index (χ2v) is 5.24. The number of aromatic nitrogens is 2. The van der Waals surface area contributed by atoms with Gasteiger partial charge >= 0.3 is 6.09 Å². The maximum atomic E-state index is 11.9. The molecule has 1 aliphatic heterocycles. The Bertz CT molecular complexity index is 498. The Morgan fingerprint density at radius 3 is 3.10 bits per heavy atom. The van der Waals surface area contributed by atoms with Crippen LogP contribution in [0.4, 0.5) is 10.6 Å². The van der Waals surface area contributed by atoms with Gasteiger partial charge in [-0.1, -0.05) is 12.7 Å². The van der Waals surface area contributed by atoms with Crippen molar-refractivity contribution in [1.82, 2.24) is 14.9 Å². The van der Waals surface area contributed by atoms with Crippen molar-refractivity contribution in [3.8, 4) is 0 Å². The highest BCUT2D eigenvalue weighted by atomic mass is 16.6. The molecule has 0 aliphatic carbocycles. The average molecular weight is 290 g/mol. The molecule has 1 aliphatic rings. The first-order chi connectivity index (χ1) is 10.1. The number of hydrogen-bond donors (Lipinski definition) is 1. The number of carbonyl (C=O) groups is 1.